The van der Waals surface area contributed by atoms with Crippen LogP contribution in [0.1, 0.15) is 36.7 Å². The van der Waals surface area contributed by atoms with Crippen LogP contribution in [-0.2, 0) is 7.05 Å². The van der Waals surface area contributed by atoms with Gasteiger partial charge in [0.25, 0.3) is 5.91 Å². The lowest BCUT2D eigenvalue weighted by atomic mass is 9.74. The third kappa shape index (κ3) is 3.04. The summed E-state index contributed by atoms with van der Waals surface area (Å²) in [5, 5.41) is 20.9. The summed E-state index contributed by atoms with van der Waals surface area (Å²) in [5.74, 6) is -0.486. The van der Waals surface area contributed by atoms with Gasteiger partial charge in [0.05, 0.1) is 12.7 Å². The molecule has 1 aromatic carbocycles. The van der Waals surface area contributed by atoms with E-state index in [1.807, 2.05) is 6.92 Å². The maximum absolute atomic E-state index is 13.4. The first-order chi connectivity index (χ1) is 11.9. The summed E-state index contributed by atoms with van der Waals surface area (Å²) >= 11 is 0. The normalized spacial score (nSPS) is 24.0. The molecule has 0 radical (unpaired) electrons. The summed E-state index contributed by atoms with van der Waals surface area (Å²) in [7, 11) is 1.79. The van der Waals surface area contributed by atoms with Crippen molar-refractivity contribution in [1.29, 1.82) is 0 Å². The van der Waals surface area contributed by atoms with Crippen molar-refractivity contribution in [3.8, 4) is 0 Å². The van der Waals surface area contributed by atoms with E-state index in [-0.39, 0.29) is 18.3 Å². The lowest BCUT2D eigenvalue weighted by molar-refractivity contribution is -0.0721. The van der Waals surface area contributed by atoms with Crippen molar-refractivity contribution in [2.75, 3.05) is 19.7 Å². The minimum atomic E-state index is -0.667. The standard InChI is InChI=1S/C19H25FN2O3/c1-3-7-19(12-23)11-22(8-6-17(19)24)18(25)16-10-13-9-14(20)4-5-15(13)21(16)2/h4-5,9-10,17,23-24H,3,6-8,11-12H2,1-2H3/t17-,19+/m1/s1. The van der Waals surface area contributed by atoms with Crippen molar-refractivity contribution in [3.63, 3.8) is 0 Å². The van der Waals surface area contributed by atoms with Gasteiger partial charge in [0.2, 0.25) is 0 Å². The van der Waals surface area contributed by atoms with Crippen molar-refractivity contribution >= 4 is 16.8 Å². The van der Waals surface area contributed by atoms with Gasteiger partial charge in [-0.2, -0.15) is 0 Å². The molecule has 25 heavy (non-hydrogen) atoms. The largest absolute Gasteiger partial charge is 0.396 e. The zero-order valence-corrected chi connectivity index (χ0v) is 14.7. The number of benzene rings is 1. The van der Waals surface area contributed by atoms with Crippen molar-refractivity contribution < 1.29 is 19.4 Å². The molecule has 136 valence electrons. The zero-order valence-electron chi connectivity index (χ0n) is 14.7. The van der Waals surface area contributed by atoms with E-state index >= 15 is 0 Å². The molecular weight excluding hydrogens is 323 g/mol. The summed E-state index contributed by atoms with van der Waals surface area (Å²) in [6.45, 7) is 2.63. The Hall–Kier alpha value is -1.92. The lowest BCUT2D eigenvalue weighted by Gasteiger charge is -2.45. The van der Waals surface area contributed by atoms with Gasteiger partial charge in [0, 0.05) is 36.5 Å². The summed E-state index contributed by atoms with van der Waals surface area (Å²) < 4.78 is 15.2. The van der Waals surface area contributed by atoms with E-state index in [1.54, 1.807) is 28.6 Å². The van der Waals surface area contributed by atoms with Crippen LogP contribution < -0.4 is 0 Å². The third-order valence-electron chi connectivity index (χ3n) is 5.46. The molecule has 2 aromatic rings. The molecule has 0 aliphatic carbocycles. The Morgan fingerprint density at radius 2 is 2.16 bits per heavy atom. The molecule has 2 heterocycles. The first kappa shape index (κ1) is 17.9. The molecule has 1 fully saturated rings. The van der Waals surface area contributed by atoms with Crippen LogP contribution in [0.25, 0.3) is 10.9 Å². The van der Waals surface area contributed by atoms with E-state index in [4.69, 9.17) is 0 Å². The Kier molecular flexibility index (Phi) is 4.84. The number of piperidine rings is 1. The van der Waals surface area contributed by atoms with Crippen LogP contribution in [0.15, 0.2) is 24.3 Å². The number of aliphatic hydroxyl groups excluding tert-OH is 2. The molecule has 0 spiro atoms. The molecule has 5 nitrogen and oxygen atoms in total. The number of likely N-dealkylation sites (tertiary alicyclic amines) is 1. The molecule has 3 rings (SSSR count). The topological polar surface area (TPSA) is 65.7 Å². The number of carbonyl (C=O) groups is 1. The Morgan fingerprint density at radius 3 is 2.84 bits per heavy atom. The van der Waals surface area contributed by atoms with Gasteiger partial charge in [-0.05, 0) is 37.1 Å². The fourth-order valence-corrected chi connectivity index (χ4v) is 3.99. The molecule has 1 aliphatic rings. The smallest absolute Gasteiger partial charge is 0.270 e. The van der Waals surface area contributed by atoms with Crippen LogP contribution in [0.4, 0.5) is 4.39 Å². The molecule has 0 bridgehead atoms. The summed E-state index contributed by atoms with van der Waals surface area (Å²) in [5.41, 5.74) is 0.614. The highest BCUT2D eigenvalue weighted by Crippen LogP contribution is 2.35. The average molecular weight is 348 g/mol. The highest BCUT2D eigenvalue weighted by atomic mass is 19.1. The van der Waals surface area contributed by atoms with Crippen LogP contribution in [0.3, 0.4) is 0 Å². The second kappa shape index (κ2) is 6.77. The van der Waals surface area contributed by atoms with Crippen molar-refractivity contribution in [1.82, 2.24) is 9.47 Å². The number of rotatable bonds is 4. The van der Waals surface area contributed by atoms with Gasteiger partial charge in [-0.25, -0.2) is 4.39 Å². The van der Waals surface area contributed by atoms with E-state index in [2.05, 4.69) is 0 Å². The van der Waals surface area contributed by atoms with Crippen LogP contribution in [0, 0.1) is 11.2 Å². The molecular formula is C19H25FN2O3. The van der Waals surface area contributed by atoms with E-state index in [0.717, 1.165) is 11.9 Å². The SMILES string of the molecule is CCC[C@@]1(CO)CN(C(=O)c2cc3cc(F)ccc3n2C)CC[C@H]1O. The number of fused-ring (bicyclic) bond motifs is 1. The van der Waals surface area contributed by atoms with Crippen molar-refractivity contribution in [2.45, 2.75) is 32.3 Å². The predicted molar refractivity (Wildman–Crippen MR) is 93.8 cm³/mol. The van der Waals surface area contributed by atoms with Gasteiger partial charge in [0.1, 0.15) is 11.5 Å². The minimum absolute atomic E-state index is 0.147. The van der Waals surface area contributed by atoms with Gasteiger partial charge in [0.15, 0.2) is 0 Å². The number of halogens is 1. The number of hydrogen-bond acceptors (Lipinski definition) is 3. The molecule has 2 N–H and O–H groups in total. The van der Waals surface area contributed by atoms with Crippen LogP contribution in [0.2, 0.25) is 0 Å². The quantitative estimate of drug-likeness (QED) is 0.891. The van der Waals surface area contributed by atoms with Crippen molar-refractivity contribution in [2.24, 2.45) is 12.5 Å². The Morgan fingerprint density at radius 1 is 1.40 bits per heavy atom. The van der Waals surface area contributed by atoms with Gasteiger partial charge in [-0.15, -0.1) is 0 Å². The van der Waals surface area contributed by atoms with Crippen LogP contribution in [-0.4, -0.2) is 51.4 Å². The fourth-order valence-electron chi connectivity index (χ4n) is 3.99. The highest BCUT2D eigenvalue weighted by Gasteiger charge is 2.43. The number of aromatic nitrogens is 1. The zero-order chi connectivity index (χ0) is 18.2. The van der Waals surface area contributed by atoms with Gasteiger partial charge in [-0.3, -0.25) is 4.79 Å². The van der Waals surface area contributed by atoms with Crippen LogP contribution in [0.5, 0.6) is 0 Å². The van der Waals surface area contributed by atoms with Crippen molar-refractivity contribution in [3.05, 3.63) is 35.8 Å². The molecule has 1 aromatic heterocycles. The molecule has 0 unspecified atom stereocenters. The summed E-state index contributed by atoms with van der Waals surface area (Å²) in [6.07, 6.45) is 1.33. The summed E-state index contributed by atoms with van der Waals surface area (Å²) in [6, 6.07) is 6.16. The maximum atomic E-state index is 13.4. The second-order valence-electron chi connectivity index (χ2n) is 7.09. The molecule has 6 heteroatoms. The molecule has 1 aliphatic heterocycles. The average Bonchev–Trinajstić information content (AvgIpc) is 2.92. The molecule has 2 atom stereocenters. The molecule has 0 saturated carbocycles. The van der Waals surface area contributed by atoms with E-state index in [1.165, 1.54) is 12.1 Å². The third-order valence-corrected chi connectivity index (χ3v) is 5.46. The number of nitrogens with zero attached hydrogens (tertiary/aromatic N) is 2. The number of aliphatic hydroxyl groups is 2. The monoisotopic (exact) mass is 348 g/mol. The number of aryl methyl sites for hydroxylation is 1. The molecule has 1 saturated heterocycles. The number of hydrogen-bond donors (Lipinski definition) is 2. The fraction of sp³-hybridized carbons (Fsp3) is 0.526. The second-order valence-corrected chi connectivity index (χ2v) is 7.09. The maximum Gasteiger partial charge on any atom is 0.270 e. The van der Waals surface area contributed by atoms with Crippen LogP contribution >= 0.6 is 0 Å². The first-order valence-corrected chi connectivity index (χ1v) is 8.75. The van der Waals surface area contributed by atoms with Gasteiger partial charge >= 0.3 is 0 Å². The summed E-state index contributed by atoms with van der Waals surface area (Å²) in [4.78, 5) is 14.7. The highest BCUT2D eigenvalue weighted by molar-refractivity contribution is 5.98. The Bertz CT molecular complexity index is 788. The number of amides is 1. The number of carbonyl (C=O) groups excluding carboxylic acids is 1. The van der Waals surface area contributed by atoms with Gasteiger partial charge in [-0.1, -0.05) is 13.3 Å². The first-order valence-electron chi connectivity index (χ1n) is 8.75. The molecule has 1 amide bonds. The minimum Gasteiger partial charge on any atom is -0.396 e. The Balaban J connectivity index is 1.91. The Labute approximate surface area is 146 Å². The van der Waals surface area contributed by atoms with E-state index in [9.17, 15) is 19.4 Å². The van der Waals surface area contributed by atoms with E-state index in [0.29, 0.717) is 37.0 Å². The van der Waals surface area contributed by atoms with E-state index < -0.39 is 11.5 Å². The predicted octanol–water partition coefficient (Wildman–Crippen LogP) is 2.30. The van der Waals surface area contributed by atoms with Gasteiger partial charge < -0.3 is 19.7 Å². The lowest BCUT2D eigenvalue weighted by Crippen LogP contribution is -2.55.